The molecule has 7 nitrogen and oxygen atoms in total. The highest BCUT2D eigenvalue weighted by molar-refractivity contribution is 7.89. The van der Waals surface area contributed by atoms with Gasteiger partial charge in [-0.05, 0) is 36.6 Å². The summed E-state index contributed by atoms with van der Waals surface area (Å²) in [7, 11) is -2.29. The highest BCUT2D eigenvalue weighted by Crippen LogP contribution is 2.28. The molecule has 0 saturated carbocycles. The zero-order chi connectivity index (χ0) is 17.2. The van der Waals surface area contributed by atoms with E-state index in [1.807, 2.05) is 6.92 Å². The minimum Gasteiger partial charge on any atom is -0.496 e. The number of hydrogen-bond donors (Lipinski definition) is 2. The Kier molecular flexibility index (Phi) is 5.28. The van der Waals surface area contributed by atoms with E-state index < -0.39 is 28.0 Å². The van der Waals surface area contributed by atoms with E-state index >= 15 is 0 Å². The van der Waals surface area contributed by atoms with Crippen molar-refractivity contribution in [1.82, 2.24) is 4.31 Å². The molecule has 2 unspecified atom stereocenters. The molecule has 2 rings (SSSR count). The standard InChI is InChI=1S/C15H21NO6S/c1-3-10-8-11(4-5-14(10)22-2)23(20,21)16-7-6-13(17)12(9-16)15(18)19/h4-5,8,12-13,17H,3,6-7,9H2,1-2H3,(H,18,19). The monoisotopic (exact) mass is 343 g/mol. The number of nitrogens with zero attached hydrogens (tertiary/aromatic N) is 1. The molecule has 0 spiro atoms. The number of carboxylic acid groups (broad SMARTS) is 1. The predicted molar refractivity (Wildman–Crippen MR) is 82.9 cm³/mol. The molecule has 128 valence electrons. The molecule has 2 atom stereocenters. The Morgan fingerprint density at radius 1 is 1.43 bits per heavy atom. The molecule has 1 aliphatic heterocycles. The van der Waals surface area contributed by atoms with Gasteiger partial charge in [-0.15, -0.1) is 0 Å². The number of aryl methyl sites for hydroxylation is 1. The molecule has 0 aromatic heterocycles. The van der Waals surface area contributed by atoms with Crippen LogP contribution in [0, 0.1) is 5.92 Å². The van der Waals surface area contributed by atoms with Crippen LogP contribution in [-0.4, -0.2) is 55.2 Å². The minimum absolute atomic E-state index is 0.0980. The van der Waals surface area contributed by atoms with Gasteiger partial charge in [0.05, 0.1) is 24.0 Å². The summed E-state index contributed by atoms with van der Waals surface area (Å²) in [5, 5.41) is 18.8. The van der Waals surface area contributed by atoms with Crippen LogP contribution in [0.3, 0.4) is 0 Å². The molecule has 1 heterocycles. The smallest absolute Gasteiger partial charge is 0.310 e. The normalized spacial score (nSPS) is 22.7. The first-order chi connectivity index (χ1) is 10.8. The minimum atomic E-state index is -3.81. The number of hydrogen-bond acceptors (Lipinski definition) is 5. The number of rotatable bonds is 5. The molecular formula is C15H21NO6S. The number of piperidine rings is 1. The molecule has 0 aliphatic carbocycles. The SMILES string of the molecule is CCc1cc(S(=O)(=O)N2CCC(O)C(C(=O)O)C2)ccc1OC. The maximum absolute atomic E-state index is 12.7. The number of aliphatic carboxylic acids is 1. The summed E-state index contributed by atoms with van der Waals surface area (Å²) in [4.78, 5) is 11.3. The third kappa shape index (κ3) is 3.49. The molecule has 2 N–H and O–H groups in total. The Morgan fingerprint density at radius 2 is 2.13 bits per heavy atom. The van der Waals surface area contributed by atoms with E-state index in [0.29, 0.717) is 12.2 Å². The second kappa shape index (κ2) is 6.86. The summed E-state index contributed by atoms with van der Waals surface area (Å²) in [6.45, 7) is 1.76. The van der Waals surface area contributed by atoms with Crippen molar-refractivity contribution < 1.29 is 28.2 Å². The molecule has 1 aromatic rings. The lowest BCUT2D eigenvalue weighted by atomic mass is 9.96. The molecule has 1 aromatic carbocycles. The number of benzene rings is 1. The third-order valence-corrected chi connectivity index (χ3v) is 5.99. The third-order valence-electron chi connectivity index (χ3n) is 4.13. The van der Waals surface area contributed by atoms with Crippen LogP contribution in [0.25, 0.3) is 0 Å². The van der Waals surface area contributed by atoms with Gasteiger partial charge in [-0.2, -0.15) is 4.31 Å². The van der Waals surface area contributed by atoms with Crippen molar-refractivity contribution in [3.8, 4) is 5.75 Å². The lowest BCUT2D eigenvalue weighted by Crippen LogP contribution is -2.48. The molecule has 1 saturated heterocycles. The lowest BCUT2D eigenvalue weighted by Gasteiger charge is -2.33. The van der Waals surface area contributed by atoms with Gasteiger partial charge in [-0.25, -0.2) is 8.42 Å². The van der Waals surface area contributed by atoms with E-state index in [0.717, 1.165) is 9.87 Å². The predicted octanol–water partition coefficient (Wildman–Crippen LogP) is 0.714. The molecule has 23 heavy (non-hydrogen) atoms. The van der Waals surface area contributed by atoms with Gasteiger partial charge in [0.2, 0.25) is 10.0 Å². The van der Waals surface area contributed by atoms with Gasteiger partial charge in [0, 0.05) is 13.1 Å². The number of sulfonamides is 1. The van der Waals surface area contributed by atoms with Crippen LogP contribution in [0.5, 0.6) is 5.75 Å². The lowest BCUT2D eigenvalue weighted by molar-refractivity contribution is -0.147. The fraction of sp³-hybridized carbons (Fsp3) is 0.533. The van der Waals surface area contributed by atoms with Gasteiger partial charge >= 0.3 is 5.97 Å². The summed E-state index contributed by atoms with van der Waals surface area (Å²) in [6, 6.07) is 4.60. The number of aliphatic hydroxyl groups is 1. The van der Waals surface area contributed by atoms with Gasteiger partial charge in [0.15, 0.2) is 0 Å². The fourth-order valence-electron chi connectivity index (χ4n) is 2.71. The number of carboxylic acids is 1. The van der Waals surface area contributed by atoms with E-state index in [1.165, 1.54) is 13.2 Å². The summed E-state index contributed by atoms with van der Waals surface area (Å²) in [5.74, 6) is -1.69. The average Bonchev–Trinajstić information content (AvgIpc) is 2.53. The highest BCUT2D eigenvalue weighted by atomic mass is 32.2. The second-order valence-corrected chi connectivity index (χ2v) is 7.43. The van der Waals surface area contributed by atoms with Crippen LogP contribution < -0.4 is 4.74 Å². The van der Waals surface area contributed by atoms with Crippen LogP contribution in [-0.2, 0) is 21.2 Å². The Labute approximate surface area is 135 Å². The van der Waals surface area contributed by atoms with E-state index in [-0.39, 0.29) is 24.4 Å². The molecule has 0 amide bonds. The van der Waals surface area contributed by atoms with Crippen LogP contribution in [0.1, 0.15) is 18.9 Å². The maximum Gasteiger partial charge on any atom is 0.310 e. The summed E-state index contributed by atoms with van der Waals surface area (Å²) in [6.07, 6.45) is -0.309. The Balaban J connectivity index is 2.33. The van der Waals surface area contributed by atoms with Crippen molar-refractivity contribution in [2.24, 2.45) is 5.92 Å². The van der Waals surface area contributed by atoms with E-state index in [4.69, 9.17) is 9.84 Å². The highest BCUT2D eigenvalue weighted by Gasteiger charge is 2.38. The fourth-order valence-corrected chi connectivity index (χ4v) is 4.24. The van der Waals surface area contributed by atoms with Crippen molar-refractivity contribution in [1.29, 1.82) is 0 Å². The average molecular weight is 343 g/mol. The van der Waals surface area contributed by atoms with Crippen molar-refractivity contribution in [3.63, 3.8) is 0 Å². The molecule has 0 bridgehead atoms. The summed E-state index contributed by atoms with van der Waals surface area (Å²) >= 11 is 0. The van der Waals surface area contributed by atoms with Gasteiger partial charge < -0.3 is 14.9 Å². The van der Waals surface area contributed by atoms with Gasteiger partial charge in [-0.1, -0.05) is 6.92 Å². The Morgan fingerprint density at radius 3 is 2.70 bits per heavy atom. The first-order valence-corrected chi connectivity index (χ1v) is 8.83. The molecule has 8 heteroatoms. The van der Waals surface area contributed by atoms with Crippen LogP contribution in [0.2, 0.25) is 0 Å². The van der Waals surface area contributed by atoms with E-state index in [2.05, 4.69) is 0 Å². The zero-order valence-electron chi connectivity index (χ0n) is 13.1. The summed E-state index contributed by atoms with van der Waals surface area (Å²) < 4.78 is 31.8. The topological polar surface area (TPSA) is 104 Å². The van der Waals surface area contributed by atoms with Crippen molar-refractivity contribution >= 4 is 16.0 Å². The Bertz CT molecular complexity index is 687. The maximum atomic E-state index is 12.7. The molecule has 1 fully saturated rings. The number of methoxy groups -OCH3 is 1. The van der Waals surface area contributed by atoms with E-state index in [9.17, 15) is 18.3 Å². The van der Waals surface area contributed by atoms with Gasteiger partial charge in [0.25, 0.3) is 0 Å². The number of aliphatic hydroxyl groups excluding tert-OH is 1. The van der Waals surface area contributed by atoms with Crippen LogP contribution in [0.15, 0.2) is 23.1 Å². The van der Waals surface area contributed by atoms with Crippen molar-refractivity contribution in [3.05, 3.63) is 23.8 Å². The zero-order valence-corrected chi connectivity index (χ0v) is 13.9. The van der Waals surface area contributed by atoms with Gasteiger partial charge in [-0.3, -0.25) is 4.79 Å². The van der Waals surface area contributed by atoms with Crippen molar-refractivity contribution in [2.75, 3.05) is 20.2 Å². The Hall–Kier alpha value is -1.64. The number of ether oxygens (including phenoxy) is 1. The molecular weight excluding hydrogens is 322 g/mol. The second-order valence-electron chi connectivity index (χ2n) is 5.49. The number of carbonyl (C=O) groups is 1. The van der Waals surface area contributed by atoms with Crippen LogP contribution in [0.4, 0.5) is 0 Å². The van der Waals surface area contributed by atoms with Crippen molar-refractivity contribution in [2.45, 2.75) is 30.8 Å². The first kappa shape index (κ1) is 17.7. The van der Waals surface area contributed by atoms with Crippen LogP contribution >= 0.6 is 0 Å². The quantitative estimate of drug-likeness (QED) is 0.816. The molecule has 1 aliphatic rings. The summed E-state index contributed by atoms with van der Waals surface area (Å²) in [5.41, 5.74) is 0.764. The largest absolute Gasteiger partial charge is 0.496 e. The first-order valence-electron chi connectivity index (χ1n) is 7.39. The van der Waals surface area contributed by atoms with E-state index in [1.54, 1.807) is 12.1 Å². The molecule has 0 radical (unpaired) electrons. The van der Waals surface area contributed by atoms with Gasteiger partial charge in [0.1, 0.15) is 5.75 Å².